The highest BCUT2D eigenvalue weighted by atomic mass is 16.5. The molecular formula is C23H33N4O4+. The first-order chi connectivity index (χ1) is 15.0. The second kappa shape index (κ2) is 11.6. The molecule has 1 aliphatic rings. The fraction of sp³-hybridized carbons (Fsp3) is 0.522. The maximum atomic E-state index is 13.2. The van der Waals surface area contributed by atoms with Gasteiger partial charge in [0, 0.05) is 11.6 Å². The lowest BCUT2D eigenvalue weighted by atomic mass is 10.1. The van der Waals surface area contributed by atoms with Crippen molar-refractivity contribution in [3.8, 4) is 0 Å². The minimum absolute atomic E-state index is 0.0356. The minimum Gasteiger partial charge on any atom is -0.370 e. The van der Waals surface area contributed by atoms with Crippen LogP contribution in [0.25, 0.3) is 0 Å². The summed E-state index contributed by atoms with van der Waals surface area (Å²) in [5, 5.41) is 6.50. The average molecular weight is 430 g/mol. The third-order valence-electron chi connectivity index (χ3n) is 5.47. The smallest absolute Gasteiger partial charge is 0.254 e. The number of rotatable bonds is 10. The van der Waals surface area contributed by atoms with Crippen LogP contribution in [0.2, 0.25) is 0 Å². The number of benzene rings is 1. The van der Waals surface area contributed by atoms with Crippen LogP contribution in [0.4, 0.5) is 5.82 Å². The van der Waals surface area contributed by atoms with Crippen LogP contribution in [0, 0.1) is 6.92 Å². The monoisotopic (exact) mass is 429 g/mol. The van der Waals surface area contributed by atoms with Crippen LogP contribution in [-0.2, 0) is 16.0 Å². The fourth-order valence-corrected chi connectivity index (χ4v) is 3.61. The van der Waals surface area contributed by atoms with E-state index in [1.807, 2.05) is 24.3 Å². The molecule has 2 aromatic rings. The number of carbonyl (C=O) groups is 2. The zero-order chi connectivity index (χ0) is 22.1. The van der Waals surface area contributed by atoms with E-state index in [1.165, 1.54) is 10.5 Å². The van der Waals surface area contributed by atoms with Gasteiger partial charge in [0.05, 0.1) is 26.3 Å². The van der Waals surface area contributed by atoms with Gasteiger partial charge in [0.2, 0.25) is 5.91 Å². The predicted octanol–water partition coefficient (Wildman–Crippen LogP) is 1.32. The third-order valence-corrected chi connectivity index (χ3v) is 5.47. The van der Waals surface area contributed by atoms with Crippen molar-refractivity contribution >= 4 is 17.6 Å². The number of amides is 2. The molecule has 0 bridgehead atoms. The van der Waals surface area contributed by atoms with E-state index in [0.717, 1.165) is 52.1 Å². The van der Waals surface area contributed by atoms with Gasteiger partial charge < -0.3 is 24.4 Å². The Bertz CT molecular complexity index is 844. The van der Waals surface area contributed by atoms with Gasteiger partial charge in [0.25, 0.3) is 5.91 Å². The Labute approximate surface area is 183 Å². The van der Waals surface area contributed by atoms with E-state index in [4.69, 9.17) is 9.26 Å². The van der Waals surface area contributed by atoms with Crippen LogP contribution in [0.5, 0.6) is 0 Å². The first-order valence-electron chi connectivity index (χ1n) is 11.1. The molecule has 3 rings (SSSR count). The molecule has 31 heavy (non-hydrogen) atoms. The molecule has 1 saturated heterocycles. The maximum Gasteiger partial charge on any atom is 0.254 e. The van der Waals surface area contributed by atoms with Gasteiger partial charge in [-0.15, -0.1) is 0 Å². The van der Waals surface area contributed by atoms with Gasteiger partial charge in [-0.1, -0.05) is 30.6 Å². The molecule has 2 N–H and O–H groups in total. The van der Waals surface area contributed by atoms with Crippen molar-refractivity contribution < 1.29 is 23.7 Å². The average Bonchev–Trinajstić information content (AvgIpc) is 3.20. The van der Waals surface area contributed by atoms with Crippen molar-refractivity contribution in [3.63, 3.8) is 0 Å². The summed E-state index contributed by atoms with van der Waals surface area (Å²) < 4.78 is 10.4. The molecule has 8 heteroatoms. The molecule has 1 fully saturated rings. The van der Waals surface area contributed by atoms with Crippen LogP contribution in [0.15, 0.2) is 34.9 Å². The molecule has 1 aromatic carbocycles. The first-order valence-corrected chi connectivity index (χ1v) is 11.1. The van der Waals surface area contributed by atoms with E-state index in [2.05, 4.69) is 17.4 Å². The normalized spacial score (nSPS) is 14.4. The Kier molecular flexibility index (Phi) is 8.61. The number of nitrogens with zero attached hydrogens (tertiary/aromatic N) is 2. The predicted molar refractivity (Wildman–Crippen MR) is 117 cm³/mol. The Hall–Kier alpha value is -2.71. The van der Waals surface area contributed by atoms with E-state index in [-0.39, 0.29) is 18.4 Å². The topological polar surface area (TPSA) is 89.1 Å². The van der Waals surface area contributed by atoms with Gasteiger partial charge >= 0.3 is 0 Å². The number of aryl methyl sites for hydroxylation is 2. The summed E-state index contributed by atoms with van der Waals surface area (Å²) in [4.78, 5) is 28.8. The SMILES string of the molecule is CCCCc1ccc(C(=O)N(CC[NH+]2CCOCC2)CC(=O)Nc2cc(C)on2)cc1. The number of hydrogen-bond acceptors (Lipinski definition) is 5. The van der Waals surface area contributed by atoms with Gasteiger partial charge in [-0.3, -0.25) is 9.59 Å². The van der Waals surface area contributed by atoms with Crippen molar-refractivity contribution in [2.45, 2.75) is 33.1 Å². The molecule has 0 radical (unpaired) electrons. The molecule has 0 unspecified atom stereocenters. The third kappa shape index (κ3) is 7.18. The van der Waals surface area contributed by atoms with E-state index < -0.39 is 0 Å². The van der Waals surface area contributed by atoms with Gasteiger partial charge in [-0.2, -0.15) is 0 Å². The van der Waals surface area contributed by atoms with Crippen LogP contribution < -0.4 is 10.2 Å². The molecule has 1 aliphatic heterocycles. The maximum absolute atomic E-state index is 13.2. The molecule has 0 atom stereocenters. The summed E-state index contributed by atoms with van der Waals surface area (Å²) >= 11 is 0. The Morgan fingerprint density at radius 1 is 1.19 bits per heavy atom. The lowest BCUT2D eigenvalue weighted by Gasteiger charge is -2.27. The number of anilines is 1. The molecule has 1 aromatic heterocycles. The Balaban J connectivity index is 1.65. The van der Waals surface area contributed by atoms with Gasteiger partial charge in [0.15, 0.2) is 5.82 Å². The van der Waals surface area contributed by atoms with Crippen molar-refractivity contribution in [2.75, 3.05) is 51.3 Å². The number of hydrogen-bond donors (Lipinski definition) is 2. The fourth-order valence-electron chi connectivity index (χ4n) is 3.61. The van der Waals surface area contributed by atoms with Crippen LogP contribution in [0.1, 0.15) is 41.4 Å². The van der Waals surface area contributed by atoms with Crippen molar-refractivity contribution in [3.05, 3.63) is 47.2 Å². The van der Waals surface area contributed by atoms with E-state index in [0.29, 0.717) is 23.7 Å². The van der Waals surface area contributed by atoms with Gasteiger partial charge in [-0.25, -0.2) is 0 Å². The lowest BCUT2D eigenvalue weighted by molar-refractivity contribution is -0.907. The molecule has 0 aliphatic carbocycles. The molecule has 8 nitrogen and oxygen atoms in total. The zero-order valence-electron chi connectivity index (χ0n) is 18.5. The van der Waals surface area contributed by atoms with Crippen LogP contribution >= 0.6 is 0 Å². The lowest BCUT2D eigenvalue weighted by Crippen LogP contribution is -3.14. The Morgan fingerprint density at radius 3 is 2.58 bits per heavy atom. The summed E-state index contributed by atoms with van der Waals surface area (Å²) in [5.74, 6) is 0.538. The van der Waals surface area contributed by atoms with Crippen molar-refractivity contribution in [2.24, 2.45) is 0 Å². The summed E-state index contributed by atoms with van der Waals surface area (Å²) in [6, 6.07) is 9.39. The van der Waals surface area contributed by atoms with Crippen molar-refractivity contribution in [1.29, 1.82) is 0 Å². The van der Waals surface area contributed by atoms with Gasteiger partial charge in [-0.05, 0) is 37.5 Å². The quantitative estimate of drug-likeness (QED) is 0.595. The second-order valence-corrected chi connectivity index (χ2v) is 8.01. The number of unbranched alkanes of at least 4 members (excludes halogenated alkanes) is 1. The highest BCUT2D eigenvalue weighted by molar-refractivity contribution is 5.99. The highest BCUT2D eigenvalue weighted by Crippen LogP contribution is 2.11. The standard InChI is InChI=1S/C23H32N4O4/c1-3-4-5-19-6-8-20(9-7-19)23(29)27(11-10-26-12-14-30-15-13-26)17-22(28)24-21-16-18(2)31-25-21/h6-9,16H,3-5,10-15,17H2,1-2H3,(H,24,25,28)/p+1. The number of quaternary nitrogens is 1. The number of nitrogens with one attached hydrogen (secondary N) is 2. The summed E-state index contributed by atoms with van der Waals surface area (Å²) in [7, 11) is 0. The number of morpholine rings is 1. The zero-order valence-corrected chi connectivity index (χ0v) is 18.5. The van der Waals surface area contributed by atoms with Crippen LogP contribution in [0.3, 0.4) is 0 Å². The minimum atomic E-state index is -0.293. The summed E-state index contributed by atoms with van der Waals surface area (Å²) in [6.45, 7) is 8.45. The summed E-state index contributed by atoms with van der Waals surface area (Å²) in [5.41, 5.74) is 1.82. The number of ether oxygens (including phenoxy) is 1. The van der Waals surface area contributed by atoms with E-state index in [9.17, 15) is 9.59 Å². The number of carbonyl (C=O) groups excluding carboxylic acids is 2. The first kappa shape index (κ1) is 23.0. The largest absolute Gasteiger partial charge is 0.370 e. The van der Waals surface area contributed by atoms with E-state index >= 15 is 0 Å². The molecule has 2 heterocycles. The van der Waals surface area contributed by atoms with Crippen LogP contribution in [-0.4, -0.2) is 67.8 Å². The second-order valence-electron chi connectivity index (χ2n) is 8.01. The molecular weight excluding hydrogens is 396 g/mol. The molecule has 0 spiro atoms. The highest BCUT2D eigenvalue weighted by Gasteiger charge is 2.22. The molecule has 2 amide bonds. The molecule has 0 saturated carbocycles. The van der Waals surface area contributed by atoms with Gasteiger partial charge in [0.1, 0.15) is 25.4 Å². The van der Waals surface area contributed by atoms with Crippen molar-refractivity contribution in [1.82, 2.24) is 10.1 Å². The summed E-state index contributed by atoms with van der Waals surface area (Å²) in [6.07, 6.45) is 3.27. The Morgan fingerprint density at radius 2 is 1.94 bits per heavy atom. The number of aromatic nitrogens is 1. The molecule has 168 valence electrons. The van der Waals surface area contributed by atoms with E-state index in [1.54, 1.807) is 17.9 Å².